The molecule has 1 aliphatic heterocycles. The molecule has 12 heavy (non-hydrogen) atoms. The highest BCUT2D eigenvalue weighted by molar-refractivity contribution is 5.75. The minimum atomic E-state index is 0.594. The van der Waals surface area contributed by atoms with Gasteiger partial charge in [-0.2, -0.15) is 5.10 Å². The van der Waals surface area contributed by atoms with E-state index in [4.69, 9.17) is 0 Å². The number of fused-ring (bicyclic) bond motifs is 1. The first-order valence-corrected chi connectivity index (χ1v) is 3.91. The predicted octanol–water partition coefficient (Wildman–Crippen LogP) is 0.178. The Morgan fingerprint density at radius 1 is 1.42 bits per heavy atom. The molecular weight excluding hydrogens is 154 g/mol. The van der Waals surface area contributed by atoms with Gasteiger partial charge in [0.15, 0.2) is 6.29 Å². The van der Waals surface area contributed by atoms with E-state index in [0.717, 1.165) is 24.9 Å². The van der Waals surface area contributed by atoms with Crippen molar-refractivity contribution in [1.29, 1.82) is 0 Å². The Labute approximate surface area is 70.8 Å². The van der Waals surface area contributed by atoms with Crippen LogP contribution >= 0.6 is 0 Å². The van der Waals surface area contributed by atoms with Gasteiger partial charge in [-0.3, -0.25) is 14.4 Å². The molecule has 1 aromatic rings. The van der Waals surface area contributed by atoms with Crippen LogP contribution in [0, 0.1) is 0 Å². The summed E-state index contributed by atoms with van der Waals surface area (Å²) in [5.74, 6) is 0. The molecule has 0 aliphatic carbocycles. The van der Waals surface area contributed by atoms with Crippen molar-refractivity contribution in [2.24, 2.45) is 7.05 Å². The average molecular weight is 165 g/mol. The van der Waals surface area contributed by atoms with Crippen LogP contribution in [0.1, 0.15) is 21.7 Å². The van der Waals surface area contributed by atoms with Crippen LogP contribution in [-0.2, 0) is 20.1 Å². The van der Waals surface area contributed by atoms with E-state index in [1.165, 1.54) is 5.69 Å². The molecule has 0 fully saturated rings. The summed E-state index contributed by atoms with van der Waals surface area (Å²) >= 11 is 0. The van der Waals surface area contributed by atoms with E-state index in [9.17, 15) is 4.79 Å². The topological polar surface area (TPSA) is 38.1 Å². The summed E-state index contributed by atoms with van der Waals surface area (Å²) < 4.78 is 1.79. The van der Waals surface area contributed by atoms with Crippen molar-refractivity contribution in [3.05, 3.63) is 17.0 Å². The minimum Gasteiger partial charge on any atom is -0.296 e. The van der Waals surface area contributed by atoms with Crippen molar-refractivity contribution >= 4 is 6.29 Å². The molecule has 2 heterocycles. The summed E-state index contributed by atoms with van der Waals surface area (Å²) in [6.45, 7) is 1.74. The number of aryl methyl sites for hydroxylation is 1. The van der Waals surface area contributed by atoms with E-state index in [1.807, 2.05) is 14.1 Å². The zero-order valence-corrected chi connectivity index (χ0v) is 7.24. The van der Waals surface area contributed by atoms with E-state index in [1.54, 1.807) is 4.68 Å². The van der Waals surface area contributed by atoms with Gasteiger partial charge in [0.05, 0.1) is 5.69 Å². The Hall–Kier alpha value is -1.16. The van der Waals surface area contributed by atoms with Crippen LogP contribution in [-0.4, -0.2) is 28.0 Å². The SMILES string of the molecule is CN1Cc2c(C=O)nn(C)c2C1. The average Bonchev–Trinajstić information content (AvgIpc) is 2.52. The van der Waals surface area contributed by atoms with Gasteiger partial charge < -0.3 is 0 Å². The Bertz CT molecular complexity index is 329. The lowest BCUT2D eigenvalue weighted by Crippen LogP contribution is -2.11. The lowest BCUT2D eigenvalue weighted by atomic mass is 10.2. The second-order valence-electron chi connectivity index (χ2n) is 3.22. The molecule has 1 aliphatic rings. The molecule has 2 rings (SSSR count). The fraction of sp³-hybridized carbons (Fsp3) is 0.500. The zero-order valence-electron chi connectivity index (χ0n) is 7.24. The number of nitrogens with zero attached hydrogens (tertiary/aromatic N) is 3. The third-order valence-electron chi connectivity index (χ3n) is 2.27. The molecule has 0 aromatic carbocycles. The van der Waals surface area contributed by atoms with Crippen LogP contribution in [0.25, 0.3) is 0 Å². The standard InChI is InChI=1S/C8H11N3O/c1-10-3-6-7(5-12)9-11(2)8(6)4-10/h5H,3-4H2,1-2H3. The molecule has 0 N–H and O–H groups in total. The molecule has 0 radical (unpaired) electrons. The monoisotopic (exact) mass is 165 g/mol. The highest BCUT2D eigenvalue weighted by atomic mass is 16.1. The lowest BCUT2D eigenvalue weighted by molar-refractivity contribution is 0.111. The molecule has 0 atom stereocenters. The van der Waals surface area contributed by atoms with Gasteiger partial charge in [-0.05, 0) is 7.05 Å². The second-order valence-corrected chi connectivity index (χ2v) is 3.22. The van der Waals surface area contributed by atoms with Crippen LogP contribution in [0.3, 0.4) is 0 Å². The predicted molar refractivity (Wildman–Crippen MR) is 43.8 cm³/mol. The highest BCUT2D eigenvalue weighted by Gasteiger charge is 2.23. The number of carbonyl (C=O) groups is 1. The number of hydrogen-bond donors (Lipinski definition) is 0. The summed E-state index contributed by atoms with van der Waals surface area (Å²) in [5.41, 5.74) is 2.85. The molecule has 4 nitrogen and oxygen atoms in total. The van der Waals surface area contributed by atoms with Crippen molar-refractivity contribution in [2.75, 3.05) is 7.05 Å². The minimum absolute atomic E-state index is 0.594. The summed E-state index contributed by atoms with van der Waals surface area (Å²) in [6.07, 6.45) is 0.831. The Balaban J connectivity index is 2.52. The van der Waals surface area contributed by atoms with Crippen LogP contribution in [0.5, 0.6) is 0 Å². The highest BCUT2D eigenvalue weighted by Crippen LogP contribution is 2.22. The van der Waals surface area contributed by atoms with E-state index >= 15 is 0 Å². The van der Waals surface area contributed by atoms with Gasteiger partial charge >= 0.3 is 0 Å². The van der Waals surface area contributed by atoms with E-state index in [2.05, 4.69) is 10.00 Å². The Kier molecular flexibility index (Phi) is 1.51. The van der Waals surface area contributed by atoms with Gasteiger partial charge in [-0.25, -0.2) is 0 Å². The molecule has 0 spiro atoms. The van der Waals surface area contributed by atoms with Crippen molar-refractivity contribution in [3.63, 3.8) is 0 Å². The second kappa shape index (κ2) is 2.42. The number of rotatable bonds is 1. The van der Waals surface area contributed by atoms with E-state index in [-0.39, 0.29) is 0 Å². The molecule has 64 valence electrons. The normalized spacial score (nSPS) is 16.5. The number of aromatic nitrogens is 2. The fourth-order valence-electron chi connectivity index (χ4n) is 1.67. The van der Waals surface area contributed by atoms with E-state index in [0.29, 0.717) is 5.69 Å². The molecule has 0 amide bonds. The van der Waals surface area contributed by atoms with Crippen molar-refractivity contribution in [3.8, 4) is 0 Å². The van der Waals surface area contributed by atoms with Gasteiger partial charge in [-0.15, -0.1) is 0 Å². The molecule has 0 saturated heterocycles. The maximum absolute atomic E-state index is 10.6. The smallest absolute Gasteiger partial charge is 0.170 e. The molecular formula is C8H11N3O. The third kappa shape index (κ3) is 0.881. The largest absolute Gasteiger partial charge is 0.296 e. The van der Waals surface area contributed by atoms with Crippen LogP contribution in [0.2, 0.25) is 0 Å². The lowest BCUT2D eigenvalue weighted by Gasteiger charge is -2.05. The van der Waals surface area contributed by atoms with Gasteiger partial charge in [-0.1, -0.05) is 0 Å². The summed E-state index contributed by atoms with van der Waals surface area (Å²) in [4.78, 5) is 12.8. The first-order chi connectivity index (χ1) is 5.72. The first-order valence-electron chi connectivity index (χ1n) is 3.91. The summed E-state index contributed by atoms with van der Waals surface area (Å²) in [5, 5.41) is 4.11. The number of carbonyl (C=O) groups excluding carboxylic acids is 1. The Morgan fingerprint density at radius 3 is 2.83 bits per heavy atom. The van der Waals surface area contributed by atoms with Crippen molar-refractivity contribution in [2.45, 2.75) is 13.1 Å². The Morgan fingerprint density at radius 2 is 2.17 bits per heavy atom. The quantitative estimate of drug-likeness (QED) is 0.557. The maximum atomic E-state index is 10.6. The first kappa shape index (κ1) is 7.49. The van der Waals surface area contributed by atoms with Crippen LogP contribution in [0.4, 0.5) is 0 Å². The maximum Gasteiger partial charge on any atom is 0.170 e. The zero-order chi connectivity index (χ0) is 8.72. The summed E-state index contributed by atoms with van der Waals surface area (Å²) in [6, 6.07) is 0. The number of aldehydes is 1. The van der Waals surface area contributed by atoms with Gasteiger partial charge in [0.1, 0.15) is 5.69 Å². The fourth-order valence-corrected chi connectivity index (χ4v) is 1.67. The third-order valence-corrected chi connectivity index (χ3v) is 2.27. The van der Waals surface area contributed by atoms with Gasteiger partial charge in [0, 0.05) is 25.7 Å². The molecule has 0 saturated carbocycles. The summed E-state index contributed by atoms with van der Waals surface area (Å²) in [7, 11) is 3.92. The van der Waals surface area contributed by atoms with Crippen molar-refractivity contribution in [1.82, 2.24) is 14.7 Å². The van der Waals surface area contributed by atoms with E-state index < -0.39 is 0 Å². The van der Waals surface area contributed by atoms with Crippen LogP contribution < -0.4 is 0 Å². The van der Waals surface area contributed by atoms with Gasteiger partial charge in [0.25, 0.3) is 0 Å². The molecule has 0 unspecified atom stereocenters. The van der Waals surface area contributed by atoms with Crippen LogP contribution in [0.15, 0.2) is 0 Å². The van der Waals surface area contributed by atoms with Crippen molar-refractivity contribution < 1.29 is 4.79 Å². The molecule has 1 aromatic heterocycles. The molecule has 4 heteroatoms. The number of hydrogen-bond acceptors (Lipinski definition) is 3. The molecule has 0 bridgehead atoms. The van der Waals surface area contributed by atoms with Gasteiger partial charge in [0.2, 0.25) is 0 Å².